The van der Waals surface area contributed by atoms with Crippen LogP contribution in [0.4, 0.5) is 8.78 Å². The molecule has 3 N–H and O–H groups in total. The molecular formula is C11H16F2N2O2S. The minimum Gasteiger partial charge on any atom is -0.326 e. The van der Waals surface area contributed by atoms with Gasteiger partial charge in [-0.3, -0.25) is 0 Å². The summed E-state index contributed by atoms with van der Waals surface area (Å²) in [6, 6.07) is 4.80. The van der Waals surface area contributed by atoms with Gasteiger partial charge in [0.2, 0.25) is 10.0 Å². The molecule has 0 unspecified atom stereocenters. The van der Waals surface area contributed by atoms with E-state index >= 15 is 0 Å². The molecule has 0 radical (unpaired) electrons. The molecule has 1 aromatic rings. The number of alkyl halides is 2. The zero-order chi connectivity index (χ0) is 13.8. The average Bonchev–Trinajstić information content (AvgIpc) is 2.35. The summed E-state index contributed by atoms with van der Waals surface area (Å²) in [6.45, 7) is 1.10. The maximum atomic E-state index is 12.1. The van der Waals surface area contributed by atoms with Gasteiger partial charge in [0.25, 0.3) is 6.43 Å². The van der Waals surface area contributed by atoms with E-state index in [0.717, 1.165) is 0 Å². The molecule has 0 aliphatic carbocycles. The highest BCUT2D eigenvalue weighted by atomic mass is 32.2. The van der Waals surface area contributed by atoms with Crippen LogP contribution in [0.5, 0.6) is 0 Å². The van der Waals surface area contributed by atoms with Crippen molar-refractivity contribution in [3.05, 3.63) is 29.3 Å². The number of sulfonamides is 1. The quantitative estimate of drug-likeness (QED) is 0.822. The summed E-state index contributed by atoms with van der Waals surface area (Å²) in [4.78, 5) is 0.0219. The number of rotatable bonds is 6. The van der Waals surface area contributed by atoms with Gasteiger partial charge in [-0.2, -0.15) is 0 Å². The fraction of sp³-hybridized carbons (Fsp3) is 0.455. The summed E-state index contributed by atoms with van der Waals surface area (Å²) < 4.78 is 49.8. The van der Waals surface area contributed by atoms with Crippen molar-refractivity contribution in [1.82, 2.24) is 4.72 Å². The van der Waals surface area contributed by atoms with E-state index in [0.29, 0.717) is 17.5 Å². The van der Waals surface area contributed by atoms with Gasteiger partial charge in [-0.15, -0.1) is 0 Å². The van der Waals surface area contributed by atoms with Crippen LogP contribution in [0.15, 0.2) is 23.1 Å². The van der Waals surface area contributed by atoms with Crippen molar-refractivity contribution in [3.63, 3.8) is 0 Å². The second-order valence-corrected chi connectivity index (χ2v) is 5.48. The minimum atomic E-state index is -3.92. The van der Waals surface area contributed by atoms with E-state index < -0.39 is 23.0 Å². The summed E-state index contributed by atoms with van der Waals surface area (Å²) in [5, 5.41) is 0. The Morgan fingerprint density at radius 1 is 1.39 bits per heavy atom. The first kappa shape index (κ1) is 15.0. The molecule has 0 fully saturated rings. The Balaban J connectivity index is 3.12. The number of benzene rings is 1. The van der Waals surface area contributed by atoms with Crippen LogP contribution in [0, 0.1) is 0 Å². The molecule has 0 saturated carbocycles. The third-order valence-corrected chi connectivity index (χ3v) is 3.97. The molecule has 4 nitrogen and oxygen atoms in total. The lowest BCUT2D eigenvalue weighted by atomic mass is 10.1. The average molecular weight is 278 g/mol. The van der Waals surface area contributed by atoms with Crippen LogP contribution in [-0.2, 0) is 23.0 Å². The smallest absolute Gasteiger partial charge is 0.251 e. The fourth-order valence-electron chi connectivity index (χ4n) is 1.52. The van der Waals surface area contributed by atoms with Gasteiger partial charge in [0, 0.05) is 6.54 Å². The van der Waals surface area contributed by atoms with Crippen LogP contribution < -0.4 is 10.5 Å². The predicted molar refractivity (Wildman–Crippen MR) is 64.9 cm³/mol. The van der Waals surface area contributed by atoms with E-state index in [2.05, 4.69) is 0 Å². The Labute approximate surface area is 105 Å². The zero-order valence-electron chi connectivity index (χ0n) is 9.99. The molecule has 102 valence electrons. The van der Waals surface area contributed by atoms with Crippen molar-refractivity contribution in [2.45, 2.75) is 31.2 Å². The number of halogens is 2. The minimum absolute atomic E-state index is 0.0219. The highest BCUT2D eigenvalue weighted by Crippen LogP contribution is 2.18. The maximum absolute atomic E-state index is 12.1. The van der Waals surface area contributed by atoms with Crippen LogP contribution >= 0.6 is 0 Å². The summed E-state index contributed by atoms with van der Waals surface area (Å²) in [7, 11) is -3.92. The molecule has 0 heterocycles. The Kier molecular flexibility index (Phi) is 5.18. The van der Waals surface area contributed by atoms with E-state index in [9.17, 15) is 17.2 Å². The highest BCUT2D eigenvalue weighted by Gasteiger charge is 2.19. The molecular weight excluding hydrogens is 262 g/mol. The number of aryl methyl sites for hydroxylation is 1. The molecule has 0 aromatic heterocycles. The van der Waals surface area contributed by atoms with Crippen LogP contribution in [0.25, 0.3) is 0 Å². The van der Waals surface area contributed by atoms with E-state index in [1.54, 1.807) is 19.1 Å². The standard InChI is InChI=1S/C11H16F2N2O2S/c1-2-9-4-3-8(6-14)5-10(9)18(16,17)15-7-11(12)13/h3-5,11,15H,2,6-7,14H2,1H3. The number of nitrogens with two attached hydrogens (primary N) is 1. The predicted octanol–water partition coefficient (Wildman–Crippen LogP) is 1.25. The molecule has 1 aromatic carbocycles. The van der Waals surface area contributed by atoms with Crippen molar-refractivity contribution < 1.29 is 17.2 Å². The summed E-state index contributed by atoms with van der Waals surface area (Å²) >= 11 is 0. The third-order valence-electron chi connectivity index (χ3n) is 2.47. The first-order valence-corrected chi connectivity index (χ1v) is 6.98. The van der Waals surface area contributed by atoms with Gasteiger partial charge in [-0.1, -0.05) is 19.1 Å². The van der Waals surface area contributed by atoms with Gasteiger partial charge in [-0.25, -0.2) is 21.9 Å². The topological polar surface area (TPSA) is 72.2 Å². The Morgan fingerprint density at radius 3 is 2.56 bits per heavy atom. The van der Waals surface area contributed by atoms with Gasteiger partial charge in [0.15, 0.2) is 0 Å². The van der Waals surface area contributed by atoms with E-state index in [1.165, 1.54) is 6.07 Å². The molecule has 0 amide bonds. The van der Waals surface area contributed by atoms with Gasteiger partial charge in [0.05, 0.1) is 11.4 Å². The lowest BCUT2D eigenvalue weighted by molar-refractivity contribution is 0.153. The summed E-state index contributed by atoms with van der Waals surface area (Å²) in [5.74, 6) is 0. The molecule has 18 heavy (non-hydrogen) atoms. The lowest BCUT2D eigenvalue weighted by Gasteiger charge is -2.11. The van der Waals surface area contributed by atoms with Crippen LogP contribution in [-0.4, -0.2) is 21.4 Å². The van der Waals surface area contributed by atoms with Crippen molar-refractivity contribution in [2.75, 3.05) is 6.54 Å². The number of hydrogen-bond donors (Lipinski definition) is 2. The van der Waals surface area contributed by atoms with Crippen LogP contribution in [0.2, 0.25) is 0 Å². The van der Waals surface area contributed by atoms with Gasteiger partial charge < -0.3 is 5.73 Å². The molecule has 0 aliphatic rings. The second kappa shape index (κ2) is 6.21. The Hall–Kier alpha value is -1.05. The van der Waals surface area contributed by atoms with E-state index in [1.807, 2.05) is 4.72 Å². The molecule has 0 spiro atoms. The molecule has 1 rings (SSSR count). The van der Waals surface area contributed by atoms with Crippen LogP contribution in [0.1, 0.15) is 18.1 Å². The van der Waals surface area contributed by atoms with Gasteiger partial charge in [-0.05, 0) is 23.6 Å². The molecule has 7 heteroatoms. The Morgan fingerprint density at radius 2 is 2.06 bits per heavy atom. The van der Waals surface area contributed by atoms with E-state index in [4.69, 9.17) is 5.73 Å². The van der Waals surface area contributed by atoms with Gasteiger partial charge >= 0.3 is 0 Å². The lowest BCUT2D eigenvalue weighted by Crippen LogP contribution is -2.29. The summed E-state index contributed by atoms with van der Waals surface area (Å²) in [6.07, 6.45) is -2.22. The molecule has 0 bridgehead atoms. The molecule has 0 aliphatic heterocycles. The number of nitrogens with one attached hydrogen (secondary N) is 1. The molecule has 0 saturated heterocycles. The van der Waals surface area contributed by atoms with E-state index in [-0.39, 0.29) is 11.4 Å². The first-order valence-electron chi connectivity index (χ1n) is 5.50. The largest absolute Gasteiger partial charge is 0.326 e. The maximum Gasteiger partial charge on any atom is 0.251 e. The SMILES string of the molecule is CCc1ccc(CN)cc1S(=O)(=O)NCC(F)F. The van der Waals surface area contributed by atoms with Crippen LogP contribution in [0.3, 0.4) is 0 Å². The van der Waals surface area contributed by atoms with Gasteiger partial charge in [0.1, 0.15) is 0 Å². The number of hydrogen-bond acceptors (Lipinski definition) is 3. The Bertz CT molecular complexity index is 504. The zero-order valence-corrected chi connectivity index (χ0v) is 10.8. The second-order valence-electron chi connectivity index (χ2n) is 3.74. The summed E-state index contributed by atoms with van der Waals surface area (Å²) in [5.41, 5.74) is 6.66. The first-order chi connectivity index (χ1) is 8.40. The molecule has 0 atom stereocenters. The van der Waals surface area contributed by atoms with Crippen molar-refractivity contribution in [3.8, 4) is 0 Å². The highest BCUT2D eigenvalue weighted by molar-refractivity contribution is 7.89. The fourth-order valence-corrected chi connectivity index (χ4v) is 2.88. The van der Waals surface area contributed by atoms with Crippen molar-refractivity contribution >= 4 is 10.0 Å². The van der Waals surface area contributed by atoms with Crippen molar-refractivity contribution in [1.29, 1.82) is 0 Å². The monoisotopic (exact) mass is 278 g/mol. The third kappa shape index (κ3) is 3.72. The van der Waals surface area contributed by atoms with Crippen molar-refractivity contribution in [2.24, 2.45) is 5.73 Å². The normalized spacial score (nSPS) is 12.1.